The van der Waals surface area contributed by atoms with Crippen molar-refractivity contribution < 1.29 is 19.1 Å². The van der Waals surface area contributed by atoms with Gasteiger partial charge in [-0.1, -0.05) is 54.1 Å². The van der Waals surface area contributed by atoms with E-state index in [0.29, 0.717) is 38.3 Å². The molecule has 1 aliphatic rings. The summed E-state index contributed by atoms with van der Waals surface area (Å²) in [5.74, 6) is 0.748. The number of benzene rings is 4. The number of nitrogens with one attached hydrogen (secondary N) is 2. The third-order valence-electron chi connectivity index (χ3n) is 8.59. The molecule has 0 fully saturated rings. The fourth-order valence-electron chi connectivity index (χ4n) is 5.90. The number of carbonyl (C=O) groups excluding carboxylic acids is 2. The number of phenols is 1. The second-order valence-electron chi connectivity index (χ2n) is 12.1. The molecule has 1 aliphatic heterocycles. The molecule has 5 aromatic rings. The van der Waals surface area contributed by atoms with E-state index in [4.69, 9.17) is 10.7 Å². The molecular weight excluding hydrogens is 607 g/mol. The first-order valence-electron chi connectivity index (χ1n) is 16.1. The van der Waals surface area contributed by atoms with Crippen LogP contribution in [0.15, 0.2) is 97.1 Å². The molecule has 0 saturated heterocycles. The minimum Gasteiger partial charge on any atom is -0.507 e. The van der Waals surface area contributed by atoms with Gasteiger partial charge in [0, 0.05) is 30.9 Å². The standard InChI is InChI=1S/C38H39FN6O3/c1-25-8-18-30(19-9-25)42-36-35(28-14-16-29(39)17-15-28)43-34-24-44(21-22-45(34)36)38(48)32(40)23-27-12-10-26(11-13-27)5-4-20-41-37(47)31-6-2-3-7-33(31)46/h2-3,6-19,32,42,46H,4-5,20-24,40H2,1H3,(H,41,47)/t32-/m0/s1. The fraction of sp³-hybridized carbons (Fsp3) is 0.237. The first-order chi connectivity index (χ1) is 23.2. The van der Waals surface area contributed by atoms with E-state index in [0.717, 1.165) is 52.4 Å². The third-order valence-corrected chi connectivity index (χ3v) is 8.59. The monoisotopic (exact) mass is 646 g/mol. The predicted octanol–water partition coefficient (Wildman–Crippen LogP) is 5.72. The molecule has 0 saturated carbocycles. The lowest BCUT2D eigenvalue weighted by Gasteiger charge is -2.30. The zero-order valence-corrected chi connectivity index (χ0v) is 26.8. The summed E-state index contributed by atoms with van der Waals surface area (Å²) in [6.45, 7) is 3.86. The number of amides is 2. The second-order valence-corrected chi connectivity index (χ2v) is 12.1. The maximum Gasteiger partial charge on any atom is 0.255 e. The number of aromatic nitrogens is 2. The summed E-state index contributed by atoms with van der Waals surface area (Å²) in [6, 6.07) is 28.1. The number of carbonyl (C=O) groups is 2. The summed E-state index contributed by atoms with van der Waals surface area (Å²) in [5.41, 5.74) is 12.3. The van der Waals surface area contributed by atoms with E-state index in [9.17, 15) is 19.1 Å². The smallest absolute Gasteiger partial charge is 0.255 e. The van der Waals surface area contributed by atoms with Crippen LogP contribution in [0.2, 0.25) is 0 Å². The van der Waals surface area contributed by atoms with Crippen molar-refractivity contribution in [1.29, 1.82) is 0 Å². The number of anilines is 2. The van der Waals surface area contributed by atoms with Gasteiger partial charge in [0.25, 0.3) is 5.91 Å². The van der Waals surface area contributed by atoms with Gasteiger partial charge in [0.05, 0.1) is 18.2 Å². The Balaban J connectivity index is 1.06. The average Bonchev–Trinajstić information content (AvgIpc) is 3.45. The van der Waals surface area contributed by atoms with Gasteiger partial charge < -0.3 is 30.9 Å². The van der Waals surface area contributed by atoms with E-state index in [2.05, 4.69) is 15.2 Å². The number of para-hydroxylation sites is 1. The molecule has 1 aromatic heterocycles. The highest BCUT2D eigenvalue weighted by molar-refractivity contribution is 5.96. The quantitative estimate of drug-likeness (QED) is 0.136. The summed E-state index contributed by atoms with van der Waals surface area (Å²) < 4.78 is 15.8. The predicted molar refractivity (Wildman–Crippen MR) is 184 cm³/mol. The molecule has 10 heteroatoms. The molecule has 0 aliphatic carbocycles. The van der Waals surface area contributed by atoms with Crippen LogP contribution in [0, 0.1) is 12.7 Å². The lowest BCUT2D eigenvalue weighted by Crippen LogP contribution is -2.47. The minimum absolute atomic E-state index is 0.0369. The molecule has 2 amide bonds. The number of nitrogens with zero attached hydrogens (tertiary/aromatic N) is 3. The van der Waals surface area contributed by atoms with Crippen molar-refractivity contribution in [3.8, 4) is 17.0 Å². The van der Waals surface area contributed by atoms with Crippen LogP contribution < -0.4 is 16.4 Å². The Kier molecular flexibility index (Phi) is 9.82. The topological polar surface area (TPSA) is 126 Å². The summed E-state index contributed by atoms with van der Waals surface area (Å²) in [5, 5.41) is 16.2. The van der Waals surface area contributed by atoms with Crippen molar-refractivity contribution in [2.45, 2.75) is 45.3 Å². The summed E-state index contributed by atoms with van der Waals surface area (Å²) >= 11 is 0. The molecular formula is C38H39FN6O3. The first-order valence-corrected chi connectivity index (χ1v) is 16.1. The normalized spacial score (nSPS) is 13.1. The summed E-state index contributed by atoms with van der Waals surface area (Å²) in [6.07, 6.45) is 1.92. The number of phenolic OH excluding ortho intramolecular Hbond substituents is 1. The van der Waals surface area contributed by atoms with Gasteiger partial charge in [-0.2, -0.15) is 0 Å². The Bertz CT molecular complexity index is 1890. The van der Waals surface area contributed by atoms with Gasteiger partial charge in [0.15, 0.2) is 0 Å². The van der Waals surface area contributed by atoms with Crippen molar-refractivity contribution in [3.63, 3.8) is 0 Å². The van der Waals surface area contributed by atoms with Crippen molar-refractivity contribution >= 4 is 23.3 Å². The van der Waals surface area contributed by atoms with E-state index in [-0.39, 0.29) is 28.9 Å². The molecule has 6 rings (SSSR count). The maximum atomic E-state index is 13.7. The van der Waals surface area contributed by atoms with Gasteiger partial charge in [0.1, 0.15) is 28.9 Å². The summed E-state index contributed by atoms with van der Waals surface area (Å²) in [7, 11) is 0. The van der Waals surface area contributed by atoms with Crippen LogP contribution in [0.5, 0.6) is 5.75 Å². The Morgan fingerprint density at radius 2 is 1.65 bits per heavy atom. The number of nitrogens with two attached hydrogens (primary N) is 1. The molecule has 2 heterocycles. The number of aryl methyl sites for hydroxylation is 2. The molecule has 0 bridgehead atoms. The van der Waals surface area contributed by atoms with Gasteiger partial charge in [-0.05, 0) is 85.8 Å². The Labute approximate surface area is 279 Å². The number of halogens is 1. The van der Waals surface area contributed by atoms with Crippen molar-refractivity contribution in [2.75, 3.05) is 18.4 Å². The number of fused-ring (bicyclic) bond motifs is 1. The van der Waals surface area contributed by atoms with Crippen LogP contribution in [0.3, 0.4) is 0 Å². The molecule has 1 atom stereocenters. The van der Waals surface area contributed by atoms with Gasteiger partial charge >= 0.3 is 0 Å². The van der Waals surface area contributed by atoms with Crippen LogP contribution in [-0.4, -0.2) is 50.5 Å². The Morgan fingerprint density at radius 1 is 0.938 bits per heavy atom. The van der Waals surface area contributed by atoms with E-state index in [1.165, 1.54) is 18.2 Å². The van der Waals surface area contributed by atoms with E-state index in [1.54, 1.807) is 35.2 Å². The highest BCUT2D eigenvalue weighted by atomic mass is 19.1. The molecule has 4 aromatic carbocycles. The van der Waals surface area contributed by atoms with Crippen LogP contribution in [0.25, 0.3) is 11.3 Å². The third kappa shape index (κ3) is 7.56. The van der Waals surface area contributed by atoms with Gasteiger partial charge in [-0.15, -0.1) is 0 Å². The first kappa shape index (κ1) is 32.5. The highest BCUT2D eigenvalue weighted by Crippen LogP contribution is 2.33. The zero-order valence-electron chi connectivity index (χ0n) is 26.8. The minimum atomic E-state index is -0.705. The van der Waals surface area contributed by atoms with E-state index >= 15 is 0 Å². The molecule has 48 heavy (non-hydrogen) atoms. The number of hydrogen-bond donors (Lipinski definition) is 4. The van der Waals surface area contributed by atoms with Gasteiger partial charge in [-0.25, -0.2) is 9.37 Å². The molecule has 9 nitrogen and oxygen atoms in total. The van der Waals surface area contributed by atoms with E-state index in [1.807, 2.05) is 55.5 Å². The lowest BCUT2D eigenvalue weighted by atomic mass is 10.0. The zero-order chi connectivity index (χ0) is 33.6. The SMILES string of the molecule is Cc1ccc(Nc2c(-c3ccc(F)cc3)nc3n2CCN(C(=O)[C@@H](N)Cc2ccc(CCCNC(=O)c4ccccc4O)cc2)C3)cc1. The van der Waals surface area contributed by atoms with Crippen molar-refractivity contribution in [3.05, 3.63) is 131 Å². The molecule has 0 radical (unpaired) electrons. The highest BCUT2D eigenvalue weighted by Gasteiger charge is 2.29. The average molecular weight is 647 g/mol. The lowest BCUT2D eigenvalue weighted by molar-refractivity contribution is -0.134. The number of hydrogen-bond acceptors (Lipinski definition) is 6. The number of aromatic hydroxyl groups is 1. The molecule has 246 valence electrons. The fourth-order valence-corrected chi connectivity index (χ4v) is 5.90. The van der Waals surface area contributed by atoms with Crippen LogP contribution in [0.4, 0.5) is 15.9 Å². The van der Waals surface area contributed by atoms with Crippen molar-refractivity contribution in [2.24, 2.45) is 5.73 Å². The van der Waals surface area contributed by atoms with Crippen LogP contribution in [0.1, 0.15) is 39.3 Å². The Hall–Kier alpha value is -5.48. The second kappa shape index (κ2) is 14.5. The number of imidazole rings is 1. The maximum absolute atomic E-state index is 13.7. The molecule has 0 spiro atoms. The van der Waals surface area contributed by atoms with Crippen LogP contribution >= 0.6 is 0 Å². The van der Waals surface area contributed by atoms with E-state index < -0.39 is 6.04 Å². The van der Waals surface area contributed by atoms with Gasteiger partial charge in [-0.3, -0.25) is 9.59 Å². The molecule has 0 unspecified atom stereocenters. The van der Waals surface area contributed by atoms with Crippen LogP contribution in [-0.2, 0) is 30.7 Å². The largest absolute Gasteiger partial charge is 0.507 e. The molecule has 5 N–H and O–H groups in total. The van der Waals surface area contributed by atoms with Gasteiger partial charge in [0.2, 0.25) is 5.91 Å². The summed E-state index contributed by atoms with van der Waals surface area (Å²) in [4.78, 5) is 32.5. The van der Waals surface area contributed by atoms with Crippen molar-refractivity contribution in [1.82, 2.24) is 19.8 Å². The Morgan fingerprint density at radius 3 is 2.38 bits per heavy atom. The number of rotatable bonds is 11.